The van der Waals surface area contributed by atoms with E-state index in [4.69, 9.17) is 19.9 Å². The van der Waals surface area contributed by atoms with Crippen LogP contribution in [0.4, 0.5) is 0 Å². The van der Waals surface area contributed by atoms with E-state index in [-0.39, 0.29) is 0 Å². The van der Waals surface area contributed by atoms with E-state index in [1.54, 1.807) is 0 Å². The fourth-order valence-corrected chi connectivity index (χ4v) is 15.0. The minimum atomic E-state index is 0.840. The number of hydrogen-bond acceptors (Lipinski definition) is 4. The van der Waals surface area contributed by atoms with Gasteiger partial charge in [0, 0.05) is 90.6 Å². The molecule has 0 spiro atoms. The molecule has 0 saturated heterocycles. The summed E-state index contributed by atoms with van der Waals surface area (Å²) < 4.78 is 9.40. The number of benzene rings is 12. The summed E-state index contributed by atoms with van der Waals surface area (Å²) in [4.78, 5) is 19.2. The Balaban J connectivity index is 0.000000139. The predicted molar refractivity (Wildman–Crippen MR) is 414 cm³/mol. The molecule has 12 aromatic carbocycles. The Labute approximate surface area is 576 Å². The van der Waals surface area contributed by atoms with Crippen molar-refractivity contribution < 1.29 is 0 Å². The molecule has 20 rings (SSSR count). The summed E-state index contributed by atoms with van der Waals surface area (Å²) in [6, 6.07) is 121. The topological polar surface area (TPSA) is 71.3 Å². The van der Waals surface area contributed by atoms with Crippen LogP contribution in [0.25, 0.3) is 177 Å². The van der Waals surface area contributed by atoms with Gasteiger partial charge in [0.2, 0.25) is 0 Å². The Morgan fingerprint density at radius 2 is 0.370 bits per heavy atom. The molecule has 8 nitrogen and oxygen atoms in total. The van der Waals surface area contributed by atoms with E-state index in [0.29, 0.717) is 0 Å². The molecule has 0 aliphatic rings. The average molecular weight is 1280 g/mol. The Bertz CT molecular complexity index is 6130. The number of nitrogens with zero attached hydrogens (tertiary/aromatic N) is 8. The molecular weight excluding hydrogens is 1220 g/mol. The zero-order valence-electron chi connectivity index (χ0n) is 54.2. The van der Waals surface area contributed by atoms with Crippen LogP contribution >= 0.6 is 0 Å². The molecule has 0 aliphatic heterocycles. The highest BCUT2D eigenvalue weighted by Crippen LogP contribution is 2.41. The number of hydrogen-bond donors (Lipinski definition) is 0. The standard InChI is InChI=1S/2C46H30N4/c1-3-11-35(12-4-1)49-43-17-9-7-15-37(43)39-21-19-31(29-45(39)49)33-23-25-47-41(27-33)42-28-34(24-26-48-42)32-20-22-40-38-16-8-10-18-44(38)50(46(40)30-32)36-13-5-2-6-14-36;1-3-11-35(12-4-1)49-43-17-9-7-15-37(43)39-27-31(19-21-45(39)49)33-23-25-47-41(29-33)42-30-34(24-26-48-42)32-20-22-46-40(28-32)38-16-8-10-18-44(38)50(46)36-13-5-2-6-14-36/h2*1-30H. The lowest BCUT2D eigenvalue weighted by atomic mass is 10.0. The predicted octanol–water partition coefficient (Wildman–Crippen LogP) is 23.3. The van der Waals surface area contributed by atoms with Crippen LogP contribution < -0.4 is 0 Å². The molecule has 20 aromatic rings. The van der Waals surface area contributed by atoms with Crippen molar-refractivity contribution in [1.29, 1.82) is 0 Å². The van der Waals surface area contributed by atoms with E-state index in [9.17, 15) is 0 Å². The maximum Gasteiger partial charge on any atom is 0.0892 e. The van der Waals surface area contributed by atoms with E-state index in [1.807, 2.05) is 24.8 Å². The van der Waals surface area contributed by atoms with Gasteiger partial charge in [0.05, 0.1) is 66.9 Å². The molecule has 0 aliphatic carbocycles. The molecule has 0 radical (unpaired) electrons. The SMILES string of the molecule is c1ccc(-n2c3ccccc3c3cc(-c4ccnc(-c5cc(-c6ccc7c(c6)c6ccccc6n7-c6ccccc6)ccn5)c4)ccc32)cc1.c1ccc(-n2c3ccccc3c3ccc(-c4ccnc(-c5cc(-c6ccc7c8ccccc8n(-c8ccccc8)c7c6)ccn5)c4)cc32)cc1. The fraction of sp³-hybridized carbons (Fsp3) is 0. The summed E-state index contributed by atoms with van der Waals surface area (Å²) in [6.45, 7) is 0. The highest BCUT2D eigenvalue weighted by Gasteiger charge is 2.20. The first-order valence-electron chi connectivity index (χ1n) is 33.8. The Kier molecular flexibility index (Phi) is 14.0. The first-order chi connectivity index (χ1) is 49.6. The minimum absolute atomic E-state index is 0.840. The zero-order chi connectivity index (χ0) is 66.0. The van der Waals surface area contributed by atoms with Gasteiger partial charge in [0.1, 0.15) is 0 Å². The third kappa shape index (κ3) is 10.0. The molecule has 100 heavy (non-hydrogen) atoms. The van der Waals surface area contributed by atoms with Crippen LogP contribution in [0.3, 0.4) is 0 Å². The van der Waals surface area contributed by atoms with Crippen molar-refractivity contribution in [2.24, 2.45) is 0 Å². The molecule has 8 heteroatoms. The second-order valence-corrected chi connectivity index (χ2v) is 25.4. The van der Waals surface area contributed by atoms with Crippen LogP contribution in [-0.2, 0) is 0 Å². The normalized spacial score (nSPS) is 11.6. The van der Waals surface area contributed by atoms with Crippen LogP contribution in [0.15, 0.2) is 365 Å². The van der Waals surface area contributed by atoms with Gasteiger partial charge >= 0.3 is 0 Å². The monoisotopic (exact) mass is 1280 g/mol. The maximum absolute atomic E-state index is 4.79. The van der Waals surface area contributed by atoms with Gasteiger partial charge in [0.15, 0.2) is 0 Å². The van der Waals surface area contributed by atoms with E-state index < -0.39 is 0 Å². The first-order valence-corrected chi connectivity index (χ1v) is 33.8. The van der Waals surface area contributed by atoms with Gasteiger partial charge in [0.25, 0.3) is 0 Å². The van der Waals surface area contributed by atoms with Crippen molar-refractivity contribution in [1.82, 2.24) is 38.2 Å². The van der Waals surface area contributed by atoms with E-state index in [0.717, 1.165) is 90.0 Å². The number of rotatable bonds is 10. The molecule has 8 heterocycles. The molecule has 0 fully saturated rings. The maximum atomic E-state index is 4.79. The molecule has 0 bridgehead atoms. The summed E-state index contributed by atoms with van der Waals surface area (Å²) in [5, 5.41) is 9.89. The number of fused-ring (bicyclic) bond motifs is 12. The molecule has 0 saturated carbocycles. The largest absolute Gasteiger partial charge is 0.309 e. The van der Waals surface area contributed by atoms with Gasteiger partial charge in [-0.05, 0) is 202 Å². The van der Waals surface area contributed by atoms with Gasteiger partial charge < -0.3 is 18.3 Å². The van der Waals surface area contributed by atoms with Gasteiger partial charge in [-0.3, -0.25) is 19.9 Å². The first kappa shape index (κ1) is 57.9. The van der Waals surface area contributed by atoms with Crippen LogP contribution in [0.1, 0.15) is 0 Å². The van der Waals surface area contributed by atoms with Crippen molar-refractivity contribution in [2.75, 3.05) is 0 Å². The van der Waals surface area contributed by atoms with E-state index in [1.165, 1.54) is 87.2 Å². The molecule has 0 amide bonds. The number of aromatic nitrogens is 8. The molecule has 8 aromatic heterocycles. The molecule has 0 unspecified atom stereocenters. The van der Waals surface area contributed by atoms with Crippen molar-refractivity contribution >= 4 is 87.2 Å². The van der Waals surface area contributed by atoms with Crippen molar-refractivity contribution in [3.63, 3.8) is 0 Å². The summed E-state index contributed by atoms with van der Waals surface area (Å²) in [5.74, 6) is 0. The summed E-state index contributed by atoms with van der Waals surface area (Å²) in [5.41, 5.74) is 26.5. The molecule has 0 atom stereocenters. The number of pyridine rings is 4. The smallest absolute Gasteiger partial charge is 0.0892 e. The van der Waals surface area contributed by atoms with Crippen molar-refractivity contribution in [3.05, 3.63) is 365 Å². The molecule has 468 valence electrons. The van der Waals surface area contributed by atoms with Gasteiger partial charge in [-0.25, -0.2) is 0 Å². The lowest BCUT2D eigenvalue weighted by Gasteiger charge is -2.10. The van der Waals surface area contributed by atoms with Gasteiger partial charge in [-0.15, -0.1) is 0 Å². The summed E-state index contributed by atoms with van der Waals surface area (Å²) in [6.07, 6.45) is 7.56. The van der Waals surface area contributed by atoms with Crippen LogP contribution in [0.2, 0.25) is 0 Å². The quantitative estimate of drug-likeness (QED) is 0.137. The average Bonchev–Trinajstić information content (AvgIpc) is 1.61. The fourth-order valence-electron chi connectivity index (χ4n) is 15.0. The van der Waals surface area contributed by atoms with Crippen LogP contribution in [0, 0.1) is 0 Å². The van der Waals surface area contributed by atoms with Crippen LogP contribution in [0.5, 0.6) is 0 Å². The highest BCUT2D eigenvalue weighted by molar-refractivity contribution is 6.14. The minimum Gasteiger partial charge on any atom is -0.309 e. The second-order valence-electron chi connectivity index (χ2n) is 25.4. The third-order valence-corrected chi connectivity index (χ3v) is 19.6. The van der Waals surface area contributed by atoms with E-state index in [2.05, 4.69) is 358 Å². The van der Waals surface area contributed by atoms with Gasteiger partial charge in [-0.1, -0.05) is 182 Å². The van der Waals surface area contributed by atoms with E-state index >= 15 is 0 Å². The Hall–Kier alpha value is -13.6. The number of para-hydroxylation sites is 8. The van der Waals surface area contributed by atoms with Crippen molar-refractivity contribution in [2.45, 2.75) is 0 Å². The molecule has 0 N–H and O–H groups in total. The Morgan fingerprint density at radius 1 is 0.150 bits per heavy atom. The lowest BCUT2D eigenvalue weighted by molar-refractivity contribution is 1.18. The summed E-state index contributed by atoms with van der Waals surface area (Å²) >= 11 is 0. The third-order valence-electron chi connectivity index (χ3n) is 19.6. The highest BCUT2D eigenvalue weighted by atomic mass is 15.0. The lowest BCUT2D eigenvalue weighted by Crippen LogP contribution is -1.94. The molecular formula is C92H60N8. The van der Waals surface area contributed by atoms with Crippen LogP contribution in [-0.4, -0.2) is 38.2 Å². The van der Waals surface area contributed by atoms with Gasteiger partial charge in [-0.2, -0.15) is 0 Å². The summed E-state index contributed by atoms with van der Waals surface area (Å²) in [7, 11) is 0. The second kappa shape index (κ2) is 24.3. The zero-order valence-corrected chi connectivity index (χ0v) is 54.2. The Morgan fingerprint density at radius 3 is 0.680 bits per heavy atom. The van der Waals surface area contributed by atoms with Crippen molar-refractivity contribution in [3.8, 4) is 90.0 Å².